The predicted octanol–water partition coefficient (Wildman–Crippen LogP) is -0.594. The zero-order valence-electron chi connectivity index (χ0n) is 15.5. The number of aliphatic carboxylic acids is 3. The molecule has 2 heterocycles. The Bertz CT molecular complexity index is 949. The lowest BCUT2D eigenvalue weighted by molar-refractivity contribution is -0.170. The lowest BCUT2D eigenvalue weighted by Crippen LogP contribution is -2.54. The Morgan fingerprint density at radius 1 is 1.07 bits per heavy atom. The Kier molecular flexibility index (Phi) is 7.39. The molecule has 30 heavy (non-hydrogen) atoms. The number of hydrogen-bond acceptors (Lipinski definition) is 9. The highest BCUT2D eigenvalue weighted by Gasteiger charge is 2.40. The molecule has 1 aliphatic rings. The van der Waals surface area contributed by atoms with Crippen LogP contribution in [-0.4, -0.2) is 67.0 Å². The first-order chi connectivity index (χ1) is 14.0. The number of carboxylic acid groups (broad SMARTS) is 3. The highest BCUT2D eigenvalue weighted by Crippen LogP contribution is 2.30. The van der Waals surface area contributed by atoms with Crippen molar-refractivity contribution < 1.29 is 34.8 Å². The number of nitrogens with two attached hydrogens (primary N) is 1. The van der Waals surface area contributed by atoms with E-state index in [1.54, 1.807) is 12.4 Å². The summed E-state index contributed by atoms with van der Waals surface area (Å²) in [5, 5.41) is 40.3. The fraction of sp³-hybridized carbons (Fsp3) is 0.353. The first kappa shape index (κ1) is 23.6. The summed E-state index contributed by atoms with van der Waals surface area (Å²) in [6, 6.07) is 3.89. The van der Waals surface area contributed by atoms with Gasteiger partial charge in [-0.2, -0.15) is 0 Å². The van der Waals surface area contributed by atoms with Crippen molar-refractivity contribution in [1.29, 1.82) is 0 Å². The smallest absolute Gasteiger partial charge is 0.336 e. The molecule has 0 saturated carbocycles. The van der Waals surface area contributed by atoms with Crippen LogP contribution in [0.15, 0.2) is 29.0 Å². The van der Waals surface area contributed by atoms with E-state index in [4.69, 9.17) is 26.2 Å². The highest BCUT2D eigenvalue weighted by atomic mass is 79.9. The summed E-state index contributed by atoms with van der Waals surface area (Å²) in [5.74, 6) is -5.71. The van der Waals surface area contributed by atoms with Crippen LogP contribution in [0.5, 0.6) is 0 Å². The van der Waals surface area contributed by atoms with Gasteiger partial charge in [-0.3, -0.25) is 35.9 Å². The van der Waals surface area contributed by atoms with Crippen molar-refractivity contribution in [2.75, 3.05) is 13.1 Å². The number of aliphatic hydroxyl groups is 1. The number of benzene rings is 1. The maximum absolute atomic E-state index is 10.3. The minimum Gasteiger partial charge on any atom is -0.481 e. The molecule has 1 aromatic carbocycles. The van der Waals surface area contributed by atoms with Crippen LogP contribution in [0, 0.1) is 0 Å². The molecule has 0 aliphatic carbocycles. The fourth-order valence-electron chi connectivity index (χ4n) is 2.79. The molecule has 0 amide bonds. The molecule has 0 bridgehead atoms. The number of hydrogen-bond donors (Lipinski definition) is 7. The largest absolute Gasteiger partial charge is 0.481 e. The SMILES string of the molecule is NC1(c2ccc3nccnc3c2Br)NCCN1.O=C(O)CC(O)(CC(=O)O)C(=O)O. The Morgan fingerprint density at radius 2 is 1.60 bits per heavy atom. The number of halogens is 1. The fourth-order valence-corrected chi connectivity index (χ4v) is 3.54. The molecular formula is C17H20BrN5O7. The van der Waals surface area contributed by atoms with Gasteiger partial charge in [0, 0.05) is 31.0 Å². The average molecular weight is 486 g/mol. The third-order valence-corrected chi connectivity index (χ3v) is 5.02. The Hall–Kier alpha value is -2.71. The van der Waals surface area contributed by atoms with Gasteiger partial charge < -0.3 is 20.4 Å². The summed E-state index contributed by atoms with van der Waals surface area (Å²) in [5.41, 5.74) is 6.16. The van der Waals surface area contributed by atoms with Crippen LogP contribution in [0.3, 0.4) is 0 Å². The van der Waals surface area contributed by atoms with Crippen LogP contribution in [0.4, 0.5) is 0 Å². The highest BCUT2D eigenvalue weighted by molar-refractivity contribution is 9.10. The molecule has 0 atom stereocenters. The second-order valence-electron chi connectivity index (χ2n) is 6.49. The Balaban J connectivity index is 0.000000224. The maximum atomic E-state index is 10.3. The van der Waals surface area contributed by atoms with Gasteiger partial charge in [0.15, 0.2) is 5.60 Å². The van der Waals surface area contributed by atoms with Crippen molar-refractivity contribution in [2.24, 2.45) is 5.73 Å². The lowest BCUT2D eigenvalue weighted by Gasteiger charge is -2.26. The standard InChI is InChI=1S/C11H12BrN5.C6H8O7/c12-9-7(11(13)16-5-6-17-11)1-2-8-10(9)15-4-3-14-8;7-3(8)1-6(13,5(11)12)2-4(9)10/h1-4,16-17H,5-6,13H2;13H,1-2H2,(H,7,8)(H,9,10)(H,11,12). The van der Waals surface area contributed by atoms with E-state index in [9.17, 15) is 14.4 Å². The van der Waals surface area contributed by atoms with Crippen LogP contribution >= 0.6 is 15.9 Å². The Morgan fingerprint density at radius 3 is 2.10 bits per heavy atom. The van der Waals surface area contributed by atoms with Crippen molar-refractivity contribution in [3.63, 3.8) is 0 Å². The number of aromatic nitrogens is 2. The van der Waals surface area contributed by atoms with E-state index in [-0.39, 0.29) is 0 Å². The molecule has 13 heteroatoms. The minimum atomic E-state index is -2.74. The first-order valence-corrected chi connectivity index (χ1v) is 9.36. The lowest BCUT2D eigenvalue weighted by atomic mass is 9.96. The van der Waals surface area contributed by atoms with E-state index in [1.165, 1.54) is 0 Å². The van der Waals surface area contributed by atoms with Gasteiger partial charge in [0.25, 0.3) is 0 Å². The first-order valence-electron chi connectivity index (χ1n) is 8.56. The molecular weight excluding hydrogens is 466 g/mol. The van der Waals surface area contributed by atoms with E-state index < -0.39 is 42.1 Å². The quantitative estimate of drug-likeness (QED) is 0.273. The van der Waals surface area contributed by atoms with E-state index in [1.807, 2.05) is 12.1 Å². The predicted molar refractivity (Wildman–Crippen MR) is 106 cm³/mol. The van der Waals surface area contributed by atoms with Gasteiger partial charge in [0.05, 0.1) is 22.8 Å². The molecule has 2 aromatic rings. The van der Waals surface area contributed by atoms with E-state index >= 15 is 0 Å². The van der Waals surface area contributed by atoms with Crippen molar-refractivity contribution in [3.05, 3.63) is 34.6 Å². The van der Waals surface area contributed by atoms with Crippen molar-refractivity contribution in [2.45, 2.75) is 24.2 Å². The van der Waals surface area contributed by atoms with E-state index in [0.29, 0.717) is 0 Å². The van der Waals surface area contributed by atoms with Crippen LogP contribution in [-0.2, 0) is 20.2 Å². The van der Waals surface area contributed by atoms with Crippen LogP contribution in [0.1, 0.15) is 18.4 Å². The number of nitrogens with one attached hydrogen (secondary N) is 2. The molecule has 1 aliphatic heterocycles. The Labute approximate surface area is 178 Å². The monoisotopic (exact) mass is 485 g/mol. The van der Waals surface area contributed by atoms with Crippen LogP contribution in [0.25, 0.3) is 11.0 Å². The minimum absolute atomic E-state index is 0.690. The maximum Gasteiger partial charge on any atom is 0.336 e. The van der Waals surface area contributed by atoms with Gasteiger partial charge in [0.2, 0.25) is 0 Å². The van der Waals surface area contributed by atoms with Crippen molar-refractivity contribution >= 4 is 44.9 Å². The molecule has 0 radical (unpaired) electrons. The topological polar surface area (TPSA) is 208 Å². The van der Waals surface area contributed by atoms with Gasteiger partial charge >= 0.3 is 17.9 Å². The average Bonchev–Trinajstić information content (AvgIpc) is 3.08. The van der Waals surface area contributed by atoms with Crippen LogP contribution in [0.2, 0.25) is 0 Å². The second kappa shape index (κ2) is 9.40. The molecule has 3 rings (SSSR count). The van der Waals surface area contributed by atoms with Gasteiger partial charge in [-0.15, -0.1) is 0 Å². The number of nitrogens with zero attached hydrogens (tertiary/aromatic N) is 2. The molecule has 1 fully saturated rings. The second-order valence-corrected chi connectivity index (χ2v) is 7.28. The third-order valence-electron chi connectivity index (χ3n) is 4.22. The summed E-state index contributed by atoms with van der Waals surface area (Å²) in [6.45, 7) is 1.70. The third kappa shape index (κ3) is 5.46. The van der Waals surface area contributed by atoms with Gasteiger partial charge in [-0.1, -0.05) is 6.07 Å². The van der Waals surface area contributed by atoms with Crippen molar-refractivity contribution in [3.8, 4) is 0 Å². The number of fused-ring (bicyclic) bond motifs is 1. The summed E-state index contributed by atoms with van der Waals surface area (Å²) < 4.78 is 0.882. The molecule has 0 spiro atoms. The summed E-state index contributed by atoms with van der Waals surface area (Å²) in [4.78, 5) is 39.1. The molecule has 162 valence electrons. The number of carboxylic acids is 3. The van der Waals surface area contributed by atoms with E-state index in [0.717, 1.165) is 34.2 Å². The number of carbonyl (C=O) groups is 3. The molecule has 8 N–H and O–H groups in total. The normalized spacial score (nSPS) is 15.3. The molecule has 12 nitrogen and oxygen atoms in total. The summed E-state index contributed by atoms with van der Waals surface area (Å²) in [6.07, 6.45) is 1.07. The molecule has 1 aromatic heterocycles. The van der Waals surface area contributed by atoms with E-state index in [2.05, 4.69) is 36.5 Å². The molecule has 1 saturated heterocycles. The number of rotatable bonds is 6. The summed E-state index contributed by atoms with van der Waals surface area (Å²) >= 11 is 3.56. The summed E-state index contributed by atoms with van der Waals surface area (Å²) in [7, 11) is 0. The molecule has 0 unspecified atom stereocenters. The van der Waals surface area contributed by atoms with Gasteiger partial charge in [0.1, 0.15) is 11.3 Å². The van der Waals surface area contributed by atoms with Crippen molar-refractivity contribution in [1.82, 2.24) is 20.6 Å². The zero-order valence-corrected chi connectivity index (χ0v) is 17.1. The van der Waals surface area contributed by atoms with Gasteiger partial charge in [-0.05, 0) is 22.0 Å². The van der Waals surface area contributed by atoms with Crippen LogP contribution < -0.4 is 16.4 Å². The van der Waals surface area contributed by atoms with Gasteiger partial charge in [-0.25, -0.2) is 4.79 Å². The zero-order chi connectivity index (χ0) is 22.5.